The van der Waals surface area contributed by atoms with E-state index in [4.69, 9.17) is 4.42 Å². The molecule has 1 saturated heterocycles. The zero-order valence-corrected chi connectivity index (χ0v) is 8.35. The molecule has 1 unspecified atom stereocenters. The predicted molar refractivity (Wildman–Crippen MR) is 50.8 cm³/mol. The van der Waals surface area contributed by atoms with E-state index in [0.717, 1.165) is 19.4 Å². The summed E-state index contributed by atoms with van der Waals surface area (Å²) < 4.78 is 17.7. The lowest BCUT2D eigenvalue weighted by molar-refractivity contribution is 0.364. The Labute approximate surface area is 82.7 Å². The summed E-state index contributed by atoms with van der Waals surface area (Å²) in [7, 11) is 0. The molecule has 4 heteroatoms. The minimum atomic E-state index is -0.559. The van der Waals surface area contributed by atoms with E-state index in [0.29, 0.717) is 23.4 Å². The van der Waals surface area contributed by atoms with E-state index in [1.165, 1.54) is 6.42 Å². The van der Waals surface area contributed by atoms with Crippen molar-refractivity contribution in [2.75, 3.05) is 6.54 Å². The molecule has 1 aliphatic heterocycles. The smallest absolute Gasteiger partial charge is 0.196 e. The number of aryl methyl sites for hydroxylation is 1. The second kappa shape index (κ2) is 4.09. The second-order valence-corrected chi connectivity index (χ2v) is 3.75. The van der Waals surface area contributed by atoms with Gasteiger partial charge < -0.3 is 9.73 Å². The van der Waals surface area contributed by atoms with Crippen LogP contribution in [0, 0.1) is 6.92 Å². The number of alkyl halides is 1. The Hall–Kier alpha value is -0.900. The third-order valence-electron chi connectivity index (χ3n) is 2.64. The highest BCUT2D eigenvalue weighted by atomic mass is 19.1. The van der Waals surface area contributed by atoms with Gasteiger partial charge in [0.15, 0.2) is 11.7 Å². The van der Waals surface area contributed by atoms with Gasteiger partial charge in [0.2, 0.25) is 0 Å². The highest BCUT2D eigenvalue weighted by Gasteiger charge is 2.18. The largest absolute Gasteiger partial charge is 0.443 e. The van der Waals surface area contributed by atoms with Gasteiger partial charge in [-0.3, -0.25) is 0 Å². The summed E-state index contributed by atoms with van der Waals surface area (Å²) in [4.78, 5) is 4.20. The normalized spacial score (nSPS) is 21.7. The van der Waals surface area contributed by atoms with Crippen molar-refractivity contribution in [2.45, 2.75) is 38.9 Å². The molecule has 2 rings (SSSR count). The summed E-state index contributed by atoms with van der Waals surface area (Å²) in [6, 6.07) is 0.459. The summed E-state index contributed by atoms with van der Waals surface area (Å²) in [5, 5.41) is 3.36. The van der Waals surface area contributed by atoms with Gasteiger partial charge in [0, 0.05) is 12.5 Å². The first-order valence-electron chi connectivity index (χ1n) is 5.04. The predicted octanol–water partition coefficient (Wildman–Crippen LogP) is 1.75. The van der Waals surface area contributed by atoms with Gasteiger partial charge >= 0.3 is 0 Å². The van der Waals surface area contributed by atoms with Crippen LogP contribution in [0.2, 0.25) is 0 Å². The number of oxazole rings is 1. The van der Waals surface area contributed by atoms with Crippen LogP contribution in [0.1, 0.15) is 30.2 Å². The highest BCUT2D eigenvalue weighted by molar-refractivity contribution is 5.07. The van der Waals surface area contributed by atoms with Crippen LogP contribution in [0.5, 0.6) is 0 Å². The standard InChI is InChI=1S/C10H15FN2O/c1-7-9(6-11)14-10(13-7)5-8-3-2-4-12-8/h8,12H,2-6H2,1H3. The van der Waals surface area contributed by atoms with Crippen molar-refractivity contribution >= 4 is 0 Å². The summed E-state index contributed by atoms with van der Waals surface area (Å²) in [6.07, 6.45) is 3.15. The van der Waals surface area contributed by atoms with Gasteiger partial charge in [0.25, 0.3) is 0 Å². The van der Waals surface area contributed by atoms with Crippen LogP contribution >= 0.6 is 0 Å². The monoisotopic (exact) mass is 198 g/mol. The molecule has 0 amide bonds. The van der Waals surface area contributed by atoms with E-state index >= 15 is 0 Å². The number of aromatic nitrogens is 1. The Balaban J connectivity index is 2.01. The number of halogens is 1. The summed E-state index contributed by atoms with van der Waals surface area (Å²) in [5.41, 5.74) is 0.681. The fraction of sp³-hybridized carbons (Fsp3) is 0.700. The Bertz CT molecular complexity index is 305. The molecule has 2 heterocycles. The first-order chi connectivity index (χ1) is 6.79. The van der Waals surface area contributed by atoms with Crippen molar-refractivity contribution in [1.82, 2.24) is 10.3 Å². The summed E-state index contributed by atoms with van der Waals surface area (Å²) in [6.45, 7) is 2.29. The van der Waals surface area contributed by atoms with Gasteiger partial charge in [-0.05, 0) is 26.3 Å². The number of nitrogens with one attached hydrogen (secondary N) is 1. The third-order valence-corrected chi connectivity index (χ3v) is 2.64. The van der Waals surface area contributed by atoms with Crippen molar-refractivity contribution in [1.29, 1.82) is 0 Å². The Morgan fingerprint density at radius 1 is 1.64 bits per heavy atom. The molecule has 1 N–H and O–H groups in total. The lowest BCUT2D eigenvalue weighted by Crippen LogP contribution is -2.23. The van der Waals surface area contributed by atoms with E-state index in [2.05, 4.69) is 10.3 Å². The van der Waals surface area contributed by atoms with Crippen LogP contribution in [-0.2, 0) is 13.1 Å². The van der Waals surface area contributed by atoms with Crippen LogP contribution in [0.25, 0.3) is 0 Å². The number of rotatable bonds is 3. The lowest BCUT2D eigenvalue weighted by atomic mass is 10.2. The quantitative estimate of drug-likeness (QED) is 0.804. The fourth-order valence-electron chi connectivity index (χ4n) is 1.84. The van der Waals surface area contributed by atoms with Crippen molar-refractivity contribution < 1.29 is 8.81 Å². The number of hydrogen-bond donors (Lipinski definition) is 1. The second-order valence-electron chi connectivity index (χ2n) is 3.75. The average Bonchev–Trinajstić information content (AvgIpc) is 2.76. The van der Waals surface area contributed by atoms with Crippen molar-refractivity contribution in [3.63, 3.8) is 0 Å². The maximum Gasteiger partial charge on any atom is 0.196 e. The molecule has 1 fully saturated rings. The third kappa shape index (κ3) is 1.95. The van der Waals surface area contributed by atoms with Gasteiger partial charge in [-0.15, -0.1) is 0 Å². The topological polar surface area (TPSA) is 38.1 Å². The molecular formula is C10H15FN2O. The molecule has 0 bridgehead atoms. The van der Waals surface area contributed by atoms with Crippen LogP contribution < -0.4 is 5.32 Å². The van der Waals surface area contributed by atoms with Crippen molar-refractivity contribution in [3.8, 4) is 0 Å². The van der Waals surface area contributed by atoms with E-state index in [9.17, 15) is 4.39 Å². The van der Waals surface area contributed by atoms with Crippen LogP contribution in [0.15, 0.2) is 4.42 Å². The first kappa shape index (κ1) is 9.65. The minimum Gasteiger partial charge on any atom is -0.443 e. The summed E-state index contributed by atoms with van der Waals surface area (Å²) >= 11 is 0. The van der Waals surface area contributed by atoms with Crippen molar-refractivity contribution in [3.05, 3.63) is 17.3 Å². The van der Waals surface area contributed by atoms with Gasteiger partial charge in [0.1, 0.15) is 6.67 Å². The van der Waals surface area contributed by atoms with Crippen molar-refractivity contribution in [2.24, 2.45) is 0 Å². The molecule has 1 aromatic heterocycles. The molecule has 0 aromatic carbocycles. The highest BCUT2D eigenvalue weighted by Crippen LogP contribution is 2.15. The molecule has 1 aromatic rings. The molecule has 1 atom stereocenters. The molecule has 0 spiro atoms. The molecule has 0 saturated carbocycles. The van der Waals surface area contributed by atoms with Gasteiger partial charge in [-0.1, -0.05) is 0 Å². The SMILES string of the molecule is Cc1nc(CC2CCCN2)oc1CF. The van der Waals surface area contributed by atoms with E-state index < -0.39 is 6.67 Å². The van der Waals surface area contributed by atoms with E-state index in [1.807, 2.05) is 0 Å². The minimum absolute atomic E-state index is 0.373. The lowest BCUT2D eigenvalue weighted by Gasteiger charge is -2.05. The molecule has 0 aliphatic carbocycles. The maximum absolute atomic E-state index is 12.4. The Morgan fingerprint density at radius 2 is 2.50 bits per heavy atom. The fourth-order valence-corrected chi connectivity index (χ4v) is 1.84. The molecule has 14 heavy (non-hydrogen) atoms. The van der Waals surface area contributed by atoms with Gasteiger partial charge in [0.05, 0.1) is 5.69 Å². The number of nitrogens with zero attached hydrogens (tertiary/aromatic N) is 1. The molecule has 3 nitrogen and oxygen atoms in total. The number of hydrogen-bond acceptors (Lipinski definition) is 3. The van der Waals surface area contributed by atoms with E-state index in [-0.39, 0.29) is 0 Å². The molecule has 0 radical (unpaired) electrons. The Kier molecular flexibility index (Phi) is 2.82. The molecule has 1 aliphatic rings. The Morgan fingerprint density at radius 3 is 3.07 bits per heavy atom. The first-order valence-corrected chi connectivity index (χ1v) is 5.04. The van der Waals surface area contributed by atoms with Gasteiger partial charge in [-0.2, -0.15) is 0 Å². The maximum atomic E-state index is 12.4. The van der Waals surface area contributed by atoms with Crippen LogP contribution in [0.4, 0.5) is 4.39 Å². The van der Waals surface area contributed by atoms with Crippen LogP contribution in [-0.4, -0.2) is 17.6 Å². The van der Waals surface area contributed by atoms with Gasteiger partial charge in [-0.25, -0.2) is 9.37 Å². The molecule has 78 valence electrons. The zero-order chi connectivity index (χ0) is 9.97. The van der Waals surface area contributed by atoms with E-state index in [1.54, 1.807) is 6.92 Å². The summed E-state index contributed by atoms with van der Waals surface area (Å²) in [5.74, 6) is 1.03. The average molecular weight is 198 g/mol. The zero-order valence-electron chi connectivity index (χ0n) is 8.35. The molecular weight excluding hydrogens is 183 g/mol. The van der Waals surface area contributed by atoms with Crippen LogP contribution in [0.3, 0.4) is 0 Å².